The number of hydrogen-bond acceptors (Lipinski definition) is 0. The van der Waals surface area contributed by atoms with Crippen LogP contribution >= 0.6 is 0 Å². The molecule has 0 fully saturated rings. The van der Waals surface area contributed by atoms with E-state index in [0.717, 1.165) is 16.7 Å². The maximum absolute atomic E-state index is 2.59. The van der Waals surface area contributed by atoms with Crippen LogP contribution in [-0.4, -0.2) is 13.4 Å². The van der Waals surface area contributed by atoms with Crippen molar-refractivity contribution >= 4 is 141 Å². The van der Waals surface area contributed by atoms with Gasteiger partial charge in [0.2, 0.25) is 0 Å². The third-order valence-corrected chi connectivity index (χ3v) is 15.3. The summed E-state index contributed by atoms with van der Waals surface area (Å²) < 4.78 is 7.58. The van der Waals surface area contributed by atoms with Crippen molar-refractivity contribution in [2.45, 2.75) is 0 Å². The highest BCUT2D eigenvalue weighted by molar-refractivity contribution is 6.31. The van der Waals surface area contributed by atoms with Gasteiger partial charge >= 0.3 is 0 Å². The lowest BCUT2D eigenvalue weighted by atomic mass is 9.93. The van der Waals surface area contributed by atoms with E-state index in [1.165, 1.54) is 130 Å². The smallest absolute Gasteiger partial charge is 0.0620 e. The molecule has 0 aliphatic carbocycles. The minimum atomic E-state index is 1.15. The van der Waals surface area contributed by atoms with E-state index >= 15 is 0 Å². The zero-order chi connectivity index (χ0) is 44.9. The van der Waals surface area contributed by atoms with Crippen molar-refractivity contribution in [3.63, 3.8) is 0 Å². The van der Waals surface area contributed by atoms with E-state index in [-0.39, 0.29) is 0 Å². The van der Waals surface area contributed by atoms with Crippen LogP contribution in [0.2, 0.25) is 0 Å². The molecule has 0 aliphatic rings. The van der Waals surface area contributed by atoms with Gasteiger partial charge in [-0.25, -0.2) is 0 Å². The van der Waals surface area contributed by atoms with Crippen LogP contribution in [0, 0.1) is 0 Å². The van der Waals surface area contributed by atoms with Crippen LogP contribution in [-0.2, 0) is 0 Å². The molecular formula is C66H39N3. The van der Waals surface area contributed by atoms with Crippen LogP contribution in [0.15, 0.2) is 237 Å². The molecule has 4 heterocycles. The van der Waals surface area contributed by atoms with Crippen molar-refractivity contribution in [2.24, 2.45) is 0 Å². The first-order valence-corrected chi connectivity index (χ1v) is 23.9. The van der Waals surface area contributed by atoms with Crippen molar-refractivity contribution in [2.75, 3.05) is 0 Å². The van der Waals surface area contributed by atoms with E-state index in [2.05, 4.69) is 250 Å². The van der Waals surface area contributed by atoms with Crippen molar-refractivity contribution in [3.05, 3.63) is 237 Å². The molecule has 318 valence electrons. The summed E-state index contributed by atoms with van der Waals surface area (Å²) in [6.45, 7) is 0. The summed E-state index contributed by atoms with van der Waals surface area (Å²) in [4.78, 5) is 0. The summed E-state index contributed by atoms with van der Waals surface area (Å²) in [6, 6.07) is 88.6. The van der Waals surface area contributed by atoms with Gasteiger partial charge in [0.05, 0.1) is 44.1 Å². The number of aromatic nitrogens is 3. The Morgan fingerprint density at radius 2 is 0.478 bits per heavy atom. The molecule has 0 unspecified atom stereocenters. The first-order chi connectivity index (χ1) is 34.3. The van der Waals surface area contributed by atoms with Gasteiger partial charge in [0.25, 0.3) is 0 Å². The van der Waals surface area contributed by atoms with Crippen molar-refractivity contribution in [1.82, 2.24) is 13.4 Å². The SMILES string of the molecule is c1ccc2c(c1)c1ccccc1c1cc3c4cccc5c6ccccc6n6c7ccc(-n8c9ccccc9c9ccccc98)cc7c7cccc(c8ccccc8n(c3cc1c1ccccc21)c54)c76. The van der Waals surface area contributed by atoms with Crippen LogP contribution in [0.4, 0.5) is 0 Å². The van der Waals surface area contributed by atoms with Crippen LogP contribution in [0.3, 0.4) is 0 Å². The number of para-hydroxylation sites is 6. The van der Waals surface area contributed by atoms with E-state index in [4.69, 9.17) is 0 Å². The number of fused-ring (bicyclic) bond motifs is 23. The molecule has 0 amide bonds. The van der Waals surface area contributed by atoms with E-state index in [9.17, 15) is 0 Å². The van der Waals surface area contributed by atoms with Gasteiger partial charge in [0, 0.05) is 59.5 Å². The maximum atomic E-state index is 2.59. The van der Waals surface area contributed by atoms with Crippen molar-refractivity contribution in [3.8, 4) is 5.69 Å². The maximum Gasteiger partial charge on any atom is 0.0620 e. The molecule has 16 aromatic rings. The molecule has 0 spiro atoms. The second-order valence-corrected chi connectivity index (χ2v) is 18.7. The highest BCUT2D eigenvalue weighted by atomic mass is 15.0. The van der Waals surface area contributed by atoms with E-state index < -0.39 is 0 Å². The largest absolute Gasteiger partial charge is 0.309 e. The van der Waals surface area contributed by atoms with Crippen LogP contribution in [0.5, 0.6) is 0 Å². The normalized spacial score (nSPS) is 12.3. The Labute approximate surface area is 394 Å². The molecule has 69 heavy (non-hydrogen) atoms. The summed E-state index contributed by atoms with van der Waals surface area (Å²) >= 11 is 0. The lowest BCUT2D eigenvalue weighted by molar-refractivity contribution is 1.18. The monoisotopic (exact) mass is 873 g/mol. The molecule has 3 nitrogen and oxygen atoms in total. The molecule has 0 saturated heterocycles. The predicted molar refractivity (Wildman–Crippen MR) is 295 cm³/mol. The quantitative estimate of drug-likeness (QED) is 0.156. The predicted octanol–water partition coefficient (Wildman–Crippen LogP) is 17.9. The standard InChI is InChI=1S/C66H39N3/c1-2-18-42-41(17-1)43-19-3-5-21-45(43)55-38-58-54-30-16-28-52-49-25-9-13-33-61(49)68-63-36-35-40(67-59-31-11-7-23-47(59)48-24-8-12-32-60(48)67)37-57(63)53-29-15-27-51(65(53)68)50-26-10-14-34-62(50)69(66(52)54)64(58)39-56(55)46-22-6-4-20-44(42)46/h1-39H. The summed E-state index contributed by atoms with van der Waals surface area (Å²) in [5.41, 5.74) is 10.7. The molecule has 0 saturated carbocycles. The Morgan fingerprint density at radius 3 is 0.942 bits per heavy atom. The Bertz CT molecular complexity index is 4970. The molecule has 0 atom stereocenters. The van der Waals surface area contributed by atoms with E-state index in [1.54, 1.807) is 0 Å². The Kier molecular flexibility index (Phi) is 7.34. The first kappa shape index (κ1) is 37.0. The topological polar surface area (TPSA) is 13.8 Å². The Hall–Kier alpha value is -9.18. The fourth-order valence-electron chi connectivity index (χ4n) is 12.5. The lowest BCUT2D eigenvalue weighted by Crippen LogP contribution is -1.94. The van der Waals surface area contributed by atoms with Gasteiger partial charge in [0.1, 0.15) is 0 Å². The molecule has 4 aromatic heterocycles. The fraction of sp³-hybridized carbons (Fsp3) is 0. The lowest BCUT2D eigenvalue weighted by Gasteiger charge is -2.11. The first-order valence-electron chi connectivity index (χ1n) is 23.9. The third-order valence-electron chi connectivity index (χ3n) is 15.3. The summed E-state index contributed by atoms with van der Waals surface area (Å²) in [7, 11) is 0. The minimum Gasteiger partial charge on any atom is -0.309 e. The van der Waals surface area contributed by atoms with Gasteiger partial charge in [0.15, 0.2) is 0 Å². The average Bonchev–Trinajstić information content (AvgIpc) is 4.05. The highest BCUT2D eigenvalue weighted by Crippen LogP contribution is 2.44. The van der Waals surface area contributed by atoms with Gasteiger partial charge in [-0.05, 0) is 97.7 Å². The number of benzene rings is 11. The molecule has 12 aromatic carbocycles. The highest BCUT2D eigenvalue weighted by Gasteiger charge is 2.21. The summed E-state index contributed by atoms with van der Waals surface area (Å²) in [5, 5.41) is 22.2. The average molecular weight is 874 g/mol. The van der Waals surface area contributed by atoms with Gasteiger partial charge < -0.3 is 13.4 Å². The number of hydrogen-bond donors (Lipinski definition) is 0. The zero-order valence-electron chi connectivity index (χ0n) is 37.4. The van der Waals surface area contributed by atoms with Gasteiger partial charge in [-0.1, -0.05) is 182 Å². The second-order valence-electron chi connectivity index (χ2n) is 18.7. The van der Waals surface area contributed by atoms with Gasteiger partial charge in [-0.15, -0.1) is 0 Å². The molecule has 16 rings (SSSR count). The minimum absolute atomic E-state index is 1.15. The summed E-state index contributed by atoms with van der Waals surface area (Å²) in [5.74, 6) is 0. The zero-order valence-corrected chi connectivity index (χ0v) is 37.4. The molecular weight excluding hydrogens is 835 g/mol. The Balaban J connectivity index is 1.14. The molecule has 3 heteroatoms. The molecule has 0 N–H and O–H groups in total. The fourth-order valence-corrected chi connectivity index (χ4v) is 12.5. The van der Waals surface area contributed by atoms with E-state index in [0.29, 0.717) is 0 Å². The van der Waals surface area contributed by atoms with Gasteiger partial charge in [-0.3, -0.25) is 0 Å². The molecule has 0 bridgehead atoms. The number of nitrogens with zero attached hydrogens (tertiary/aromatic N) is 3. The van der Waals surface area contributed by atoms with Crippen molar-refractivity contribution in [1.29, 1.82) is 0 Å². The summed E-state index contributed by atoms with van der Waals surface area (Å²) in [6.07, 6.45) is 0. The van der Waals surface area contributed by atoms with Crippen molar-refractivity contribution < 1.29 is 0 Å². The van der Waals surface area contributed by atoms with Crippen LogP contribution in [0.25, 0.3) is 147 Å². The van der Waals surface area contributed by atoms with E-state index in [1.807, 2.05) is 0 Å². The Morgan fingerprint density at radius 1 is 0.174 bits per heavy atom. The molecule has 0 aliphatic heterocycles. The van der Waals surface area contributed by atoms with Crippen LogP contribution in [0.1, 0.15) is 0 Å². The van der Waals surface area contributed by atoms with Crippen LogP contribution < -0.4 is 0 Å². The molecule has 0 radical (unpaired) electrons. The number of rotatable bonds is 1. The second kappa shape index (κ2) is 13.7. The van der Waals surface area contributed by atoms with Gasteiger partial charge in [-0.2, -0.15) is 0 Å². The third kappa shape index (κ3) is 4.90.